The second-order valence-corrected chi connectivity index (χ2v) is 17.0. The first-order chi connectivity index (χ1) is 28.2. The fraction of sp³-hybridized carbons (Fsp3) is 0.936. The smallest absolute Gasteiger partial charge is 0.335 e. The molecule has 1 rings (SSSR count). The predicted octanol–water partition coefficient (Wildman–Crippen LogP) is 10.7. The van der Waals surface area contributed by atoms with Gasteiger partial charge < -0.3 is 39.4 Å². The van der Waals surface area contributed by atoms with E-state index in [9.17, 15) is 34.8 Å². The van der Waals surface area contributed by atoms with E-state index in [2.05, 4.69) is 13.8 Å². The van der Waals surface area contributed by atoms with Gasteiger partial charge in [0.15, 0.2) is 18.5 Å². The third-order valence-electron chi connectivity index (χ3n) is 11.5. The maximum atomic E-state index is 12.7. The Labute approximate surface area is 353 Å². The molecule has 0 radical (unpaired) electrons. The highest BCUT2D eigenvalue weighted by molar-refractivity contribution is 5.73. The van der Waals surface area contributed by atoms with E-state index >= 15 is 0 Å². The van der Waals surface area contributed by atoms with Crippen molar-refractivity contribution in [1.82, 2.24) is 0 Å². The first-order valence-electron chi connectivity index (χ1n) is 24.1. The zero-order valence-electron chi connectivity index (χ0n) is 37.1. The minimum absolute atomic E-state index is 0.189. The molecule has 58 heavy (non-hydrogen) atoms. The summed E-state index contributed by atoms with van der Waals surface area (Å²) in [6.45, 7) is 3.82. The van der Waals surface area contributed by atoms with Gasteiger partial charge in [-0.25, -0.2) is 4.79 Å². The Morgan fingerprint density at radius 2 is 0.810 bits per heavy atom. The van der Waals surface area contributed by atoms with Crippen LogP contribution in [0.5, 0.6) is 0 Å². The van der Waals surface area contributed by atoms with E-state index in [1.807, 2.05) is 0 Å². The Hall–Kier alpha value is -1.79. The number of rotatable bonds is 41. The van der Waals surface area contributed by atoms with Gasteiger partial charge in [0, 0.05) is 12.8 Å². The number of carbonyl (C=O) groups excluding carboxylic acids is 2. The number of carboxylic acids is 1. The summed E-state index contributed by atoms with van der Waals surface area (Å²) >= 11 is 0. The summed E-state index contributed by atoms with van der Waals surface area (Å²) in [5, 5.41) is 39.8. The molecule has 0 aromatic carbocycles. The number of hydrogen-bond donors (Lipinski definition) is 4. The van der Waals surface area contributed by atoms with E-state index in [1.54, 1.807) is 0 Å². The summed E-state index contributed by atoms with van der Waals surface area (Å²) in [7, 11) is 0. The molecule has 0 saturated carbocycles. The molecule has 1 aliphatic heterocycles. The van der Waals surface area contributed by atoms with Gasteiger partial charge in [-0.1, -0.05) is 206 Å². The molecule has 0 aromatic heterocycles. The van der Waals surface area contributed by atoms with Crippen molar-refractivity contribution >= 4 is 17.9 Å². The molecule has 1 heterocycles. The Kier molecular flexibility index (Phi) is 35.7. The molecule has 1 aliphatic rings. The van der Waals surface area contributed by atoms with Crippen molar-refractivity contribution in [3.8, 4) is 0 Å². The van der Waals surface area contributed by atoms with Gasteiger partial charge in [0.2, 0.25) is 0 Å². The second kappa shape index (κ2) is 38.2. The van der Waals surface area contributed by atoms with E-state index < -0.39 is 54.7 Å². The van der Waals surface area contributed by atoms with Gasteiger partial charge >= 0.3 is 17.9 Å². The third-order valence-corrected chi connectivity index (χ3v) is 11.5. The van der Waals surface area contributed by atoms with Crippen molar-refractivity contribution in [2.45, 2.75) is 269 Å². The Balaban J connectivity index is 2.24. The molecule has 4 N–H and O–H groups in total. The average molecular weight is 829 g/mol. The molecule has 11 heteroatoms. The number of aliphatic carboxylic acids is 1. The molecular weight excluding hydrogens is 741 g/mol. The van der Waals surface area contributed by atoms with Crippen molar-refractivity contribution in [2.24, 2.45) is 0 Å². The Morgan fingerprint density at radius 3 is 1.17 bits per heavy atom. The van der Waals surface area contributed by atoms with Crippen molar-refractivity contribution < 1.29 is 53.8 Å². The summed E-state index contributed by atoms with van der Waals surface area (Å²) in [4.78, 5) is 36.8. The van der Waals surface area contributed by atoms with Gasteiger partial charge in [0.05, 0.1) is 6.61 Å². The zero-order valence-corrected chi connectivity index (χ0v) is 37.1. The second-order valence-electron chi connectivity index (χ2n) is 17.0. The SMILES string of the molecule is CCCCCCCCCCCCCCCCCCCCCCCCC(=O)OCC(COC1OC(C(=O)O)C(O)C(O)C1O)OC(=O)CCCCCCCCCCCC. The molecule has 11 nitrogen and oxygen atoms in total. The van der Waals surface area contributed by atoms with Gasteiger partial charge in [0.25, 0.3) is 0 Å². The molecule has 6 atom stereocenters. The predicted molar refractivity (Wildman–Crippen MR) is 229 cm³/mol. The van der Waals surface area contributed by atoms with Crippen molar-refractivity contribution in [1.29, 1.82) is 0 Å². The number of carbonyl (C=O) groups is 3. The van der Waals surface area contributed by atoms with Crippen LogP contribution in [0.15, 0.2) is 0 Å². The van der Waals surface area contributed by atoms with Crippen LogP contribution in [0.4, 0.5) is 0 Å². The van der Waals surface area contributed by atoms with E-state index in [-0.39, 0.29) is 26.1 Å². The van der Waals surface area contributed by atoms with Crippen LogP contribution < -0.4 is 0 Å². The lowest BCUT2D eigenvalue weighted by molar-refractivity contribution is -0.298. The standard InChI is InChI=1S/C47H88O11/c1-3-5-7-9-11-13-15-16-17-18-19-20-21-22-23-24-25-26-28-29-31-33-35-40(48)55-37-39(38-56-47-44(52)42(50)43(51)45(58-47)46(53)54)57-41(49)36-34-32-30-27-14-12-10-8-6-4-2/h39,42-45,47,50-52H,3-38H2,1-2H3,(H,53,54). The van der Waals surface area contributed by atoms with Gasteiger partial charge in [-0.3, -0.25) is 9.59 Å². The number of unbranched alkanes of at least 4 members (excludes halogenated alkanes) is 30. The van der Waals surface area contributed by atoms with Gasteiger partial charge in [-0.2, -0.15) is 0 Å². The van der Waals surface area contributed by atoms with Crippen LogP contribution in [-0.2, 0) is 33.3 Å². The van der Waals surface area contributed by atoms with Crippen LogP contribution in [-0.4, -0.2) is 88.4 Å². The maximum absolute atomic E-state index is 12.7. The first kappa shape index (κ1) is 54.2. The number of aliphatic hydroxyl groups excluding tert-OH is 3. The summed E-state index contributed by atoms with van der Waals surface area (Å²) in [6, 6.07) is 0. The third kappa shape index (κ3) is 29.4. The lowest BCUT2D eigenvalue weighted by Gasteiger charge is -2.38. The largest absolute Gasteiger partial charge is 0.479 e. The van der Waals surface area contributed by atoms with Gasteiger partial charge in [-0.15, -0.1) is 0 Å². The quantitative estimate of drug-likeness (QED) is 0.0342. The lowest BCUT2D eigenvalue weighted by atomic mass is 9.99. The topological polar surface area (TPSA) is 169 Å². The van der Waals surface area contributed by atoms with Crippen LogP contribution in [0.2, 0.25) is 0 Å². The number of hydrogen-bond acceptors (Lipinski definition) is 10. The van der Waals surface area contributed by atoms with Crippen LogP contribution in [0.1, 0.15) is 232 Å². The number of ether oxygens (including phenoxy) is 4. The zero-order chi connectivity index (χ0) is 42.5. The highest BCUT2D eigenvalue weighted by atomic mass is 16.7. The van der Waals surface area contributed by atoms with E-state index in [1.165, 1.54) is 154 Å². The number of esters is 2. The van der Waals surface area contributed by atoms with E-state index in [0.29, 0.717) is 12.8 Å². The highest BCUT2D eigenvalue weighted by Gasteiger charge is 2.47. The minimum atomic E-state index is -1.85. The summed E-state index contributed by atoms with van der Waals surface area (Å²) in [5.41, 5.74) is 0. The number of carboxylic acid groups (broad SMARTS) is 1. The molecular formula is C47H88O11. The van der Waals surface area contributed by atoms with E-state index in [4.69, 9.17) is 18.9 Å². The molecule has 1 saturated heterocycles. The molecule has 0 bridgehead atoms. The Bertz CT molecular complexity index is 978. The molecule has 0 amide bonds. The molecule has 1 fully saturated rings. The van der Waals surface area contributed by atoms with E-state index in [0.717, 1.165) is 38.5 Å². The molecule has 0 aliphatic carbocycles. The molecule has 0 spiro atoms. The average Bonchev–Trinajstić information content (AvgIpc) is 3.21. The molecule has 6 unspecified atom stereocenters. The highest BCUT2D eigenvalue weighted by Crippen LogP contribution is 2.23. The number of aliphatic hydroxyl groups is 3. The van der Waals surface area contributed by atoms with Gasteiger partial charge in [0.1, 0.15) is 24.9 Å². The monoisotopic (exact) mass is 829 g/mol. The summed E-state index contributed by atoms with van der Waals surface area (Å²) in [5.74, 6) is -2.43. The van der Waals surface area contributed by atoms with Crippen LogP contribution in [0, 0.1) is 0 Å². The van der Waals surface area contributed by atoms with Crippen LogP contribution in [0.3, 0.4) is 0 Å². The van der Waals surface area contributed by atoms with Crippen molar-refractivity contribution in [2.75, 3.05) is 13.2 Å². The van der Waals surface area contributed by atoms with Gasteiger partial charge in [-0.05, 0) is 12.8 Å². The Morgan fingerprint density at radius 1 is 0.466 bits per heavy atom. The van der Waals surface area contributed by atoms with Crippen molar-refractivity contribution in [3.63, 3.8) is 0 Å². The molecule has 0 aromatic rings. The van der Waals surface area contributed by atoms with Crippen molar-refractivity contribution in [3.05, 3.63) is 0 Å². The normalized spacial score (nSPS) is 19.9. The maximum Gasteiger partial charge on any atom is 0.335 e. The summed E-state index contributed by atoms with van der Waals surface area (Å²) in [6.07, 6.45) is 30.3. The first-order valence-corrected chi connectivity index (χ1v) is 24.1. The summed E-state index contributed by atoms with van der Waals surface area (Å²) < 4.78 is 21.7. The van der Waals surface area contributed by atoms with Crippen LogP contribution >= 0.6 is 0 Å². The lowest BCUT2D eigenvalue weighted by Crippen LogP contribution is -2.60. The van der Waals surface area contributed by atoms with Crippen LogP contribution in [0.25, 0.3) is 0 Å². The minimum Gasteiger partial charge on any atom is -0.479 e. The molecule has 342 valence electrons. The fourth-order valence-electron chi connectivity index (χ4n) is 7.65. The fourth-order valence-corrected chi connectivity index (χ4v) is 7.65.